The van der Waals surface area contributed by atoms with Gasteiger partial charge in [0, 0.05) is 39.7 Å². The van der Waals surface area contributed by atoms with Gasteiger partial charge in [-0.05, 0) is 90.0 Å². The van der Waals surface area contributed by atoms with Gasteiger partial charge in [0.05, 0.1) is 11.4 Å². The lowest BCUT2D eigenvalue weighted by Gasteiger charge is -2.49. The summed E-state index contributed by atoms with van der Waals surface area (Å²) in [7, 11) is 0. The lowest BCUT2D eigenvalue weighted by molar-refractivity contribution is 0.627. The van der Waals surface area contributed by atoms with E-state index >= 15 is 0 Å². The van der Waals surface area contributed by atoms with E-state index in [1.807, 2.05) is 0 Å². The van der Waals surface area contributed by atoms with Crippen LogP contribution in [-0.2, 0) is 5.54 Å². The first kappa shape index (κ1) is 36.0. The minimum atomic E-state index is -0.933. The number of nitrogens with zero attached hydrogens (tertiary/aromatic N) is 3. The summed E-state index contributed by atoms with van der Waals surface area (Å²) in [6, 6.07) is 93.4. The molecule has 0 amide bonds. The fraction of sp³-hybridized carbons (Fsp3) is 0.0182. The highest BCUT2D eigenvalue weighted by Crippen LogP contribution is 2.56. The zero-order chi connectivity index (χ0) is 39.0. The van der Waals surface area contributed by atoms with Gasteiger partial charge < -0.3 is 14.7 Å². The lowest BCUT2D eigenvalue weighted by atomic mass is 9.73. The Kier molecular flexibility index (Phi) is 10.3. The third-order valence-electron chi connectivity index (χ3n) is 10.7. The predicted octanol–water partition coefficient (Wildman–Crippen LogP) is 14.8. The predicted molar refractivity (Wildman–Crippen MR) is 244 cm³/mol. The Morgan fingerprint density at radius 3 is 0.879 bits per heavy atom. The van der Waals surface area contributed by atoms with Crippen molar-refractivity contribution in [1.82, 2.24) is 0 Å². The van der Waals surface area contributed by atoms with E-state index < -0.39 is 5.54 Å². The smallest absolute Gasteiger partial charge is 0.123 e. The molecular formula is C55H43N3. The standard InChI is InChI=1S/C55H43N3/c1-9-26-44(27-10-1)55(45-28-11-2-12-29-45,58(50-38-21-7-22-39-50)51-40-23-8-24-41-51)52-42-25-43-53(56(46-30-13-3-14-31-46)47-32-15-4-16-33-47)54(52)57(48-34-17-5-18-35-48)49-36-19-6-20-37-49/h1-43H. The van der Waals surface area contributed by atoms with Gasteiger partial charge >= 0.3 is 0 Å². The SMILES string of the molecule is c1ccc(N(c2ccccc2)c2cccc(C(c3ccccc3)(c3ccccc3)N(c3ccccc3)c3ccccc3)c2N(c2ccccc2)c2ccccc2)cc1. The van der Waals surface area contributed by atoms with Crippen molar-refractivity contribution >= 4 is 45.5 Å². The average Bonchev–Trinajstić information content (AvgIpc) is 3.31. The third kappa shape index (κ3) is 6.80. The molecule has 0 aliphatic carbocycles. The van der Waals surface area contributed by atoms with Crippen LogP contribution in [0, 0.1) is 0 Å². The van der Waals surface area contributed by atoms with E-state index in [1.165, 1.54) is 0 Å². The molecule has 0 bridgehead atoms. The zero-order valence-corrected chi connectivity index (χ0v) is 32.2. The molecule has 0 unspecified atom stereocenters. The molecular weight excluding hydrogens is 703 g/mol. The van der Waals surface area contributed by atoms with E-state index in [2.05, 4.69) is 276 Å². The Morgan fingerprint density at radius 1 is 0.241 bits per heavy atom. The Hall–Kier alpha value is -7.62. The maximum absolute atomic E-state index is 2.53. The number of rotatable bonds is 12. The van der Waals surface area contributed by atoms with Crippen molar-refractivity contribution in [3.63, 3.8) is 0 Å². The summed E-state index contributed by atoms with van der Waals surface area (Å²) in [6.45, 7) is 0. The van der Waals surface area contributed by atoms with Gasteiger partial charge in [0.25, 0.3) is 0 Å². The van der Waals surface area contributed by atoms with Crippen LogP contribution in [0.4, 0.5) is 45.5 Å². The van der Waals surface area contributed by atoms with Crippen LogP contribution in [0.2, 0.25) is 0 Å². The first-order chi connectivity index (χ1) is 28.8. The molecule has 278 valence electrons. The van der Waals surface area contributed by atoms with Gasteiger partial charge in [-0.25, -0.2) is 0 Å². The third-order valence-corrected chi connectivity index (χ3v) is 10.7. The summed E-state index contributed by atoms with van der Waals surface area (Å²) >= 11 is 0. The van der Waals surface area contributed by atoms with Crippen LogP contribution in [-0.4, -0.2) is 0 Å². The molecule has 9 aromatic rings. The van der Waals surface area contributed by atoms with Gasteiger partial charge in [-0.1, -0.05) is 182 Å². The molecule has 0 saturated carbocycles. The van der Waals surface area contributed by atoms with Crippen molar-refractivity contribution in [2.75, 3.05) is 14.7 Å². The van der Waals surface area contributed by atoms with Gasteiger partial charge in [0.2, 0.25) is 0 Å². The summed E-state index contributed by atoms with van der Waals surface area (Å²) in [5.41, 5.74) is 10.8. The molecule has 9 rings (SSSR count). The molecule has 58 heavy (non-hydrogen) atoms. The van der Waals surface area contributed by atoms with Crippen molar-refractivity contribution in [1.29, 1.82) is 0 Å². The van der Waals surface area contributed by atoms with E-state index in [0.29, 0.717) is 0 Å². The second kappa shape index (κ2) is 16.6. The number of hydrogen-bond acceptors (Lipinski definition) is 3. The van der Waals surface area contributed by atoms with E-state index in [9.17, 15) is 0 Å². The maximum atomic E-state index is 2.53. The van der Waals surface area contributed by atoms with Crippen molar-refractivity contribution in [2.24, 2.45) is 0 Å². The van der Waals surface area contributed by atoms with Crippen molar-refractivity contribution in [3.8, 4) is 0 Å². The second-order valence-corrected chi connectivity index (χ2v) is 14.1. The topological polar surface area (TPSA) is 9.72 Å². The number of para-hydroxylation sites is 7. The first-order valence-electron chi connectivity index (χ1n) is 19.8. The van der Waals surface area contributed by atoms with E-state index in [4.69, 9.17) is 0 Å². The van der Waals surface area contributed by atoms with Crippen molar-refractivity contribution in [2.45, 2.75) is 5.54 Å². The van der Waals surface area contributed by atoms with Crippen LogP contribution >= 0.6 is 0 Å². The summed E-state index contributed by atoms with van der Waals surface area (Å²) in [4.78, 5) is 7.37. The van der Waals surface area contributed by atoms with Gasteiger partial charge in [-0.3, -0.25) is 0 Å². The zero-order valence-electron chi connectivity index (χ0n) is 32.2. The van der Waals surface area contributed by atoms with E-state index in [0.717, 1.165) is 62.2 Å². The highest BCUT2D eigenvalue weighted by molar-refractivity contribution is 5.95. The lowest BCUT2D eigenvalue weighted by Crippen LogP contribution is -2.46. The molecule has 0 radical (unpaired) electrons. The number of anilines is 8. The molecule has 0 saturated heterocycles. The molecule has 9 aromatic carbocycles. The fourth-order valence-corrected chi connectivity index (χ4v) is 8.29. The highest BCUT2D eigenvalue weighted by Gasteiger charge is 2.47. The molecule has 3 heteroatoms. The van der Waals surface area contributed by atoms with Crippen LogP contribution in [0.3, 0.4) is 0 Å². The van der Waals surface area contributed by atoms with Crippen LogP contribution in [0.5, 0.6) is 0 Å². The van der Waals surface area contributed by atoms with Crippen LogP contribution in [0.15, 0.2) is 261 Å². The molecule has 0 aliphatic rings. The molecule has 0 heterocycles. The largest absolute Gasteiger partial charge is 0.323 e. The Balaban J connectivity index is 1.52. The average molecular weight is 746 g/mol. The van der Waals surface area contributed by atoms with E-state index in [-0.39, 0.29) is 0 Å². The van der Waals surface area contributed by atoms with Crippen LogP contribution in [0.1, 0.15) is 16.7 Å². The fourth-order valence-electron chi connectivity index (χ4n) is 8.29. The minimum Gasteiger partial charge on any atom is -0.323 e. The van der Waals surface area contributed by atoms with Crippen LogP contribution in [0.25, 0.3) is 0 Å². The highest BCUT2D eigenvalue weighted by atomic mass is 15.3. The van der Waals surface area contributed by atoms with Crippen LogP contribution < -0.4 is 14.7 Å². The first-order valence-corrected chi connectivity index (χ1v) is 19.8. The van der Waals surface area contributed by atoms with Gasteiger partial charge in [-0.2, -0.15) is 0 Å². The normalized spacial score (nSPS) is 11.1. The molecule has 0 spiro atoms. The Morgan fingerprint density at radius 2 is 0.534 bits per heavy atom. The van der Waals surface area contributed by atoms with Gasteiger partial charge in [0.15, 0.2) is 0 Å². The summed E-state index contributed by atoms with van der Waals surface area (Å²) < 4.78 is 0. The number of hydrogen-bond donors (Lipinski definition) is 0. The Bertz CT molecular complexity index is 2480. The maximum Gasteiger partial charge on any atom is 0.123 e. The summed E-state index contributed by atoms with van der Waals surface area (Å²) in [6.07, 6.45) is 0. The quantitative estimate of drug-likeness (QED) is 0.115. The molecule has 0 aromatic heterocycles. The monoisotopic (exact) mass is 745 g/mol. The minimum absolute atomic E-state index is 0.933. The summed E-state index contributed by atoms with van der Waals surface area (Å²) in [5, 5.41) is 0. The Labute approximate surface area is 342 Å². The van der Waals surface area contributed by atoms with Crippen molar-refractivity contribution in [3.05, 3.63) is 278 Å². The molecule has 0 N–H and O–H groups in total. The van der Waals surface area contributed by atoms with E-state index in [1.54, 1.807) is 0 Å². The summed E-state index contributed by atoms with van der Waals surface area (Å²) in [5.74, 6) is 0. The van der Waals surface area contributed by atoms with Crippen molar-refractivity contribution < 1.29 is 0 Å². The second-order valence-electron chi connectivity index (χ2n) is 14.1. The molecule has 3 nitrogen and oxygen atoms in total. The van der Waals surface area contributed by atoms with Gasteiger partial charge in [-0.15, -0.1) is 0 Å². The molecule has 0 fully saturated rings. The molecule has 0 atom stereocenters. The molecule has 0 aliphatic heterocycles. The van der Waals surface area contributed by atoms with Gasteiger partial charge in [0.1, 0.15) is 5.54 Å². The number of benzene rings is 9.